The third-order valence-electron chi connectivity index (χ3n) is 5.76. The van der Waals surface area contributed by atoms with Crippen molar-refractivity contribution < 1.29 is 14.7 Å². The zero-order valence-electron chi connectivity index (χ0n) is 17.3. The second kappa shape index (κ2) is 8.51. The molecule has 1 aliphatic heterocycles. The maximum atomic E-state index is 12.7. The Kier molecular flexibility index (Phi) is 6.24. The third-order valence-corrected chi connectivity index (χ3v) is 5.76. The monoisotopic (exact) mass is 401 g/mol. The number of hydrogen-bond donors (Lipinski definition) is 3. The summed E-state index contributed by atoms with van der Waals surface area (Å²) in [6.07, 6.45) is 4.64. The fourth-order valence-electron chi connectivity index (χ4n) is 3.73. The van der Waals surface area contributed by atoms with Crippen LogP contribution in [-0.2, 0) is 16.1 Å². The van der Waals surface area contributed by atoms with Crippen LogP contribution in [0.4, 0.5) is 0 Å². The highest BCUT2D eigenvalue weighted by Crippen LogP contribution is 2.26. The van der Waals surface area contributed by atoms with E-state index < -0.39 is 17.7 Å². The summed E-state index contributed by atoms with van der Waals surface area (Å²) in [4.78, 5) is 30.8. The van der Waals surface area contributed by atoms with E-state index >= 15 is 0 Å². The number of nitrogens with two attached hydrogens (primary N) is 1. The fraction of sp³-hybridized carbons (Fsp3) is 0.571. The van der Waals surface area contributed by atoms with Gasteiger partial charge in [-0.2, -0.15) is 0 Å². The van der Waals surface area contributed by atoms with E-state index in [9.17, 15) is 14.7 Å². The van der Waals surface area contributed by atoms with Crippen molar-refractivity contribution in [2.45, 2.75) is 57.8 Å². The summed E-state index contributed by atoms with van der Waals surface area (Å²) in [6, 6.07) is 4.52. The molecule has 0 aromatic carbocycles. The van der Waals surface area contributed by atoms with Crippen LogP contribution in [0, 0.1) is 5.92 Å². The lowest BCUT2D eigenvalue weighted by atomic mass is 9.91. The second-order valence-corrected chi connectivity index (χ2v) is 8.40. The van der Waals surface area contributed by atoms with E-state index in [1.54, 1.807) is 18.0 Å². The average Bonchev–Trinajstić information content (AvgIpc) is 3.09. The molecule has 2 aromatic rings. The Balaban J connectivity index is 1.56. The highest BCUT2D eigenvalue weighted by Gasteiger charge is 2.36. The lowest BCUT2D eigenvalue weighted by molar-refractivity contribution is -0.140. The lowest BCUT2D eigenvalue weighted by Crippen LogP contribution is -2.55. The highest BCUT2D eigenvalue weighted by molar-refractivity contribution is 5.89. The molecular formula is C21H31N5O3. The van der Waals surface area contributed by atoms with Crippen LogP contribution in [0.5, 0.6) is 0 Å². The maximum absolute atomic E-state index is 12.7. The molecule has 3 rings (SSSR count). The van der Waals surface area contributed by atoms with Crippen molar-refractivity contribution in [1.82, 2.24) is 19.8 Å². The predicted octanol–water partition coefficient (Wildman–Crippen LogP) is 0.878. The quantitative estimate of drug-likeness (QED) is 0.665. The molecule has 158 valence electrons. The molecular weight excluding hydrogens is 370 g/mol. The van der Waals surface area contributed by atoms with Gasteiger partial charge in [-0.15, -0.1) is 0 Å². The van der Waals surface area contributed by atoms with Crippen LogP contribution in [0.1, 0.15) is 33.6 Å². The van der Waals surface area contributed by atoms with Gasteiger partial charge >= 0.3 is 0 Å². The summed E-state index contributed by atoms with van der Waals surface area (Å²) in [7, 11) is 0. The van der Waals surface area contributed by atoms with E-state index in [4.69, 9.17) is 5.73 Å². The van der Waals surface area contributed by atoms with Crippen LogP contribution in [0.3, 0.4) is 0 Å². The molecule has 0 spiro atoms. The maximum Gasteiger partial charge on any atom is 0.244 e. The summed E-state index contributed by atoms with van der Waals surface area (Å²) in [5.74, 6) is -0.461. The number of aliphatic hydroxyl groups is 1. The normalized spacial score (nSPS) is 18.6. The van der Waals surface area contributed by atoms with Crippen LogP contribution in [0.25, 0.3) is 11.0 Å². The van der Waals surface area contributed by atoms with Crippen molar-refractivity contribution in [2.75, 3.05) is 13.1 Å². The van der Waals surface area contributed by atoms with Gasteiger partial charge in [-0.05, 0) is 43.9 Å². The van der Waals surface area contributed by atoms with Crippen molar-refractivity contribution in [1.29, 1.82) is 0 Å². The number of pyridine rings is 1. The van der Waals surface area contributed by atoms with Crippen molar-refractivity contribution >= 4 is 22.8 Å². The zero-order valence-corrected chi connectivity index (χ0v) is 17.3. The number of fused-ring (bicyclic) bond motifs is 1. The first-order chi connectivity index (χ1) is 13.7. The van der Waals surface area contributed by atoms with Crippen LogP contribution in [0.2, 0.25) is 0 Å². The Morgan fingerprint density at radius 2 is 1.97 bits per heavy atom. The largest absolute Gasteiger partial charge is 0.388 e. The molecule has 29 heavy (non-hydrogen) atoms. The molecule has 2 amide bonds. The Morgan fingerprint density at radius 3 is 2.62 bits per heavy atom. The molecule has 3 heterocycles. The molecule has 4 N–H and O–H groups in total. The number of hydrogen-bond acceptors (Lipinski definition) is 5. The topological polar surface area (TPSA) is 113 Å². The van der Waals surface area contributed by atoms with Gasteiger partial charge in [0.1, 0.15) is 6.04 Å². The van der Waals surface area contributed by atoms with Crippen molar-refractivity contribution in [3.8, 4) is 0 Å². The van der Waals surface area contributed by atoms with Crippen molar-refractivity contribution in [3.63, 3.8) is 0 Å². The highest BCUT2D eigenvalue weighted by atomic mass is 16.3. The van der Waals surface area contributed by atoms with Gasteiger partial charge in [0.05, 0.1) is 29.2 Å². The molecule has 1 fully saturated rings. The first-order valence-electron chi connectivity index (χ1n) is 10.2. The average molecular weight is 402 g/mol. The summed E-state index contributed by atoms with van der Waals surface area (Å²) in [5.41, 5.74) is 6.85. The minimum absolute atomic E-state index is 0.00209. The first kappa shape index (κ1) is 21.3. The third kappa shape index (κ3) is 4.76. The van der Waals surface area contributed by atoms with Crippen LogP contribution in [-0.4, -0.2) is 62.1 Å². The van der Waals surface area contributed by atoms with Gasteiger partial charge in [-0.25, -0.2) is 0 Å². The van der Waals surface area contributed by atoms with Gasteiger partial charge in [0, 0.05) is 25.5 Å². The molecule has 2 atom stereocenters. The minimum atomic E-state index is -0.884. The molecule has 0 radical (unpaired) electrons. The van der Waals surface area contributed by atoms with E-state index in [0.717, 1.165) is 11.0 Å². The van der Waals surface area contributed by atoms with E-state index in [0.29, 0.717) is 32.5 Å². The van der Waals surface area contributed by atoms with E-state index in [1.165, 1.54) is 0 Å². The smallest absolute Gasteiger partial charge is 0.244 e. The van der Waals surface area contributed by atoms with E-state index in [2.05, 4.69) is 10.3 Å². The van der Waals surface area contributed by atoms with Crippen LogP contribution < -0.4 is 11.1 Å². The SMILES string of the molecule is CC(C)[C@H](N)C(=O)N[C@@H](C)C(=O)N1CCC(O)(Cn2ccc3ncccc32)CC1. The Morgan fingerprint density at radius 1 is 1.28 bits per heavy atom. The minimum Gasteiger partial charge on any atom is -0.388 e. The molecule has 1 saturated heterocycles. The molecule has 0 unspecified atom stereocenters. The number of piperidine rings is 1. The second-order valence-electron chi connectivity index (χ2n) is 8.40. The molecule has 8 nitrogen and oxygen atoms in total. The van der Waals surface area contributed by atoms with E-state index in [-0.39, 0.29) is 17.7 Å². The van der Waals surface area contributed by atoms with Crippen LogP contribution >= 0.6 is 0 Å². The molecule has 0 saturated carbocycles. The van der Waals surface area contributed by atoms with E-state index in [1.807, 2.05) is 42.8 Å². The number of rotatable bonds is 6. The summed E-state index contributed by atoms with van der Waals surface area (Å²) in [6.45, 7) is 6.76. The fourth-order valence-corrected chi connectivity index (χ4v) is 3.73. The Bertz CT molecular complexity index is 870. The zero-order chi connectivity index (χ0) is 21.2. The molecule has 0 bridgehead atoms. The summed E-state index contributed by atoms with van der Waals surface area (Å²) < 4.78 is 2.01. The molecule has 0 aliphatic carbocycles. The standard InChI is InChI=1S/C21H31N5O3/c1-14(2)18(22)19(27)24-15(3)20(28)25-11-7-21(29,8-12-25)13-26-10-6-16-17(26)5-4-9-23-16/h4-6,9-10,14-15,18,29H,7-8,11-13,22H2,1-3H3,(H,24,27)/t15-,18-/m0/s1. The van der Waals surface area contributed by atoms with Gasteiger partial charge in [0.25, 0.3) is 0 Å². The van der Waals surface area contributed by atoms with Crippen molar-refractivity contribution in [3.05, 3.63) is 30.6 Å². The number of aromatic nitrogens is 2. The Hall–Kier alpha value is -2.45. The molecule has 2 aromatic heterocycles. The van der Waals surface area contributed by atoms with Gasteiger partial charge in [0.15, 0.2) is 0 Å². The van der Waals surface area contributed by atoms with Crippen LogP contribution in [0.15, 0.2) is 30.6 Å². The number of amides is 2. The van der Waals surface area contributed by atoms with Gasteiger partial charge < -0.3 is 25.6 Å². The molecule has 1 aliphatic rings. The predicted molar refractivity (Wildman–Crippen MR) is 111 cm³/mol. The van der Waals surface area contributed by atoms with Gasteiger partial charge in [0.2, 0.25) is 11.8 Å². The Labute approximate surface area is 171 Å². The number of nitrogens with one attached hydrogen (secondary N) is 1. The van der Waals surface area contributed by atoms with Gasteiger partial charge in [-0.1, -0.05) is 13.8 Å². The summed E-state index contributed by atoms with van der Waals surface area (Å²) >= 11 is 0. The first-order valence-corrected chi connectivity index (χ1v) is 10.2. The van der Waals surface area contributed by atoms with Crippen molar-refractivity contribution in [2.24, 2.45) is 11.7 Å². The summed E-state index contributed by atoms with van der Waals surface area (Å²) in [5, 5.41) is 13.8. The lowest BCUT2D eigenvalue weighted by Gasteiger charge is -2.39. The molecule has 8 heteroatoms. The van der Waals surface area contributed by atoms with Gasteiger partial charge in [-0.3, -0.25) is 14.6 Å². The number of likely N-dealkylation sites (tertiary alicyclic amines) is 1. The number of carbonyl (C=O) groups is 2. The number of nitrogens with zero attached hydrogens (tertiary/aromatic N) is 3. The number of carbonyl (C=O) groups excluding carboxylic acids is 2.